The molecule has 2 heterocycles. The molecule has 3 aromatic rings. The van der Waals surface area contributed by atoms with Gasteiger partial charge in [-0.05, 0) is 52.8 Å². The summed E-state index contributed by atoms with van der Waals surface area (Å²) in [6.07, 6.45) is 3.37. The Hall–Kier alpha value is -2.52. The Kier molecular flexibility index (Phi) is 5.51. The van der Waals surface area contributed by atoms with E-state index in [2.05, 4.69) is 91.0 Å². The average molecular weight is 389 g/mol. The Morgan fingerprint density at radius 3 is 2.48 bits per heavy atom. The molecule has 0 aliphatic carbocycles. The Labute approximate surface area is 174 Å². The number of nitrogens with zero attached hydrogens (tertiary/aromatic N) is 2. The van der Waals surface area contributed by atoms with Crippen molar-refractivity contribution in [3.05, 3.63) is 89.2 Å². The van der Waals surface area contributed by atoms with E-state index in [9.17, 15) is 0 Å². The van der Waals surface area contributed by atoms with Gasteiger partial charge in [0.15, 0.2) is 0 Å². The Morgan fingerprint density at radius 1 is 0.966 bits per heavy atom. The van der Waals surface area contributed by atoms with E-state index in [4.69, 9.17) is 4.74 Å². The first kappa shape index (κ1) is 19.8. The summed E-state index contributed by atoms with van der Waals surface area (Å²) < 4.78 is 7.93. The van der Waals surface area contributed by atoms with Crippen molar-refractivity contribution in [2.45, 2.75) is 51.7 Å². The van der Waals surface area contributed by atoms with Gasteiger partial charge in [0, 0.05) is 31.5 Å². The second-order valence-electron chi connectivity index (χ2n) is 9.08. The topological polar surface area (TPSA) is 17.4 Å². The average Bonchev–Trinajstić information content (AvgIpc) is 3.09. The Morgan fingerprint density at radius 2 is 1.76 bits per heavy atom. The second kappa shape index (κ2) is 8.08. The van der Waals surface area contributed by atoms with Crippen LogP contribution in [0.2, 0.25) is 0 Å². The number of aromatic nitrogens is 1. The summed E-state index contributed by atoms with van der Waals surface area (Å²) in [6.45, 7) is 9.89. The lowest BCUT2D eigenvalue weighted by atomic mass is 9.86. The Balaban J connectivity index is 1.68. The zero-order valence-corrected chi connectivity index (χ0v) is 18.1. The molecule has 0 amide bonds. The molecule has 29 heavy (non-hydrogen) atoms. The number of ether oxygens (including phenoxy) is 1. The molecular formula is C26H32N2O. The molecule has 0 spiro atoms. The normalized spacial score (nSPS) is 17.6. The number of rotatable bonds is 4. The molecule has 0 saturated carbocycles. The molecule has 0 unspecified atom stereocenters. The summed E-state index contributed by atoms with van der Waals surface area (Å²) in [5.74, 6) is 0.916. The van der Waals surface area contributed by atoms with Gasteiger partial charge >= 0.3 is 0 Å². The van der Waals surface area contributed by atoms with Crippen molar-refractivity contribution in [2.75, 3.05) is 13.7 Å². The maximum atomic E-state index is 5.52. The van der Waals surface area contributed by atoms with Crippen LogP contribution in [0.15, 0.2) is 66.9 Å². The minimum absolute atomic E-state index is 0.186. The highest BCUT2D eigenvalue weighted by atomic mass is 16.5. The van der Waals surface area contributed by atoms with E-state index in [0.717, 1.165) is 31.8 Å². The van der Waals surface area contributed by atoms with Crippen LogP contribution in [0.5, 0.6) is 5.75 Å². The predicted octanol–water partition coefficient (Wildman–Crippen LogP) is 5.79. The molecule has 1 atom stereocenters. The van der Waals surface area contributed by atoms with Crippen LogP contribution < -0.4 is 4.74 Å². The zero-order valence-electron chi connectivity index (χ0n) is 18.1. The number of benzene rings is 2. The third kappa shape index (κ3) is 4.25. The molecule has 0 saturated heterocycles. The molecule has 0 bridgehead atoms. The SMILES string of the molecule is COc1cccc([C@H]2c3cccn3CCCN2Cc2ccc(C(C)(C)C)cc2)c1. The van der Waals surface area contributed by atoms with Gasteiger partial charge in [-0.3, -0.25) is 4.90 Å². The summed E-state index contributed by atoms with van der Waals surface area (Å²) in [5, 5.41) is 0. The van der Waals surface area contributed by atoms with Crippen LogP contribution in [0.25, 0.3) is 0 Å². The molecule has 1 aliphatic heterocycles. The maximum absolute atomic E-state index is 5.52. The molecule has 3 nitrogen and oxygen atoms in total. The third-order valence-corrected chi connectivity index (χ3v) is 5.97. The Bertz CT molecular complexity index is 949. The van der Waals surface area contributed by atoms with Gasteiger partial charge in [-0.15, -0.1) is 0 Å². The minimum Gasteiger partial charge on any atom is -0.497 e. The smallest absolute Gasteiger partial charge is 0.119 e. The number of aryl methyl sites for hydroxylation is 1. The zero-order chi connectivity index (χ0) is 20.4. The van der Waals surface area contributed by atoms with Crippen LogP contribution in [0.4, 0.5) is 0 Å². The van der Waals surface area contributed by atoms with Crippen LogP contribution in [-0.2, 0) is 18.5 Å². The lowest BCUT2D eigenvalue weighted by Crippen LogP contribution is -2.29. The van der Waals surface area contributed by atoms with E-state index in [1.54, 1.807) is 7.11 Å². The summed E-state index contributed by atoms with van der Waals surface area (Å²) in [7, 11) is 1.74. The third-order valence-electron chi connectivity index (χ3n) is 5.97. The van der Waals surface area contributed by atoms with Gasteiger partial charge in [-0.1, -0.05) is 57.2 Å². The van der Waals surface area contributed by atoms with E-state index in [1.807, 2.05) is 6.07 Å². The van der Waals surface area contributed by atoms with Crippen LogP contribution in [0.3, 0.4) is 0 Å². The first-order valence-corrected chi connectivity index (χ1v) is 10.6. The van der Waals surface area contributed by atoms with Gasteiger partial charge in [-0.25, -0.2) is 0 Å². The standard InChI is InChI=1S/C26H32N2O/c1-26(2,3)22-13-11-20(12-14-22)19-28-17-7-16-27-15-6-10-24(27)25(28)21-8-5-9-23(18-21)29-4/h5-6,8-15,18,25H,7,16-17,19H2,1-4H3/t25-/m0/s1. The largest absolute Gasteiger partial charge is 0.497 e. The summed E-state index contributed by atoms with van der Waals surface area (Å²) >= 11 is 0. The summed E-state index contributed by atoms with van der Waals surface area (Å²) in [4.78, 5) is 2.61. The maximum Gasteiger partial charge on any atom is 0.119 e. The number of hydrogen-bond acceptors (Lipinski definition) is 2. The van der Waals surface area contributed by atoms with E-state index in [0.29, 0.717) is 0 Å². The fraction of sp³-hybridized carbons (Fsp3) is 0.385. The molecule has 0 radical (unpaired) electrons. The van der Waals surface area contributed by atoms with Crippen molar-refractivity contribution in [1.29, 1.82) is 0 Å². The summed E-state index contributed by atoms with van der Waals surface area (Å²) in [6, 6.07) is 22.4. The van der Waals surface area contributed by atoms with Crippen LogP contribution in [0, 0.1) is 0 Å². The highest BCUT2D eigenvalue weighted by Gasteiger charge is 2.27. The fourth-order valence-electron chi connectivity index (χ4n) is 4.35. The molecule has 0 fully saturated rings. The van der Waals surface area contributed by atoms with E-state index in [1.165, 1.54) is 22.4 Å². The molecule has 2 aromatic carbocycles. The highest BCUT2D eigenvalue weighted by molar-refractivity contribution is 5.36. The van der Waals surface area contributed by atoms with Gasteiger partial charge in [-0.2, -0.15) is 0 Å². The molecule has 1 aromatic heterocycles. The van der Waals surface area contributed by atoms with Crippen molar-refractivity contribution in [2.24, 2.45) is 0 Å². The summed E-state index contributed by atoms with van der Waals surface area (Å²) in [5.41, 5.74) is 5.59. The van der Waals surface area contributed by atoms with Crippen molar-refractivity contribution >= 4 is 0 Å². The van der Waals surface area contributed by atoms with Gasteiger partial charge in [0.05, 0.1) is 13.2 Å². The molecule has 152 valence electrons. The van der Waals surface area contributed by atoms with Crippen LogP contribution >= 0.6 is 0 Å². The van der Waals surface area contributed by atoms with Gasteiger partial charge in [0.25, 0.3) is 0 Å². The number of methoxy groups -OCH3 is 1. The number of fused-ring (bicyclic) bond motifs is 1. The fourth-order valence-corrected chi connectivity index (χ4v) is 4.35. The predicted molar refractivity (Wildman–Crippen MR) is 119 cm³/mol. The molecule has 3 heteroatoms. The first-order chi connectivity index (χ1) is 14.0. The second-order valence-corrected chi connectivity index (χ2v) is 9.08. The van der Waals surface area contributed by atoms with E-state index < -0.39 is 0 Å². The monoisotopic (exact) mass is 388 g/mol. The van der Waals surface area contributed by atoms with Crippen molar-refractivity contribution < 1.29 is 4.74 Å². The van der Waals surface area contributed by atoms with E-state index in [-0.39, 0.29) is 11.5 Å². The molecule has 4 rings (SSSR count). The van der Waals surface area contributed by atoms with Crippen molar-refractivity contribution in [3.63, 3.8) is 0 Å². The minimum atomic E-state index is 0.186. The molecular weight excluding hydrogens is 356 g/mol. The van der Waals surface area contributed by atoms with Gasteiger partial charge < -0.3 is 9.30 Å². The number of hydrogen-bond donors (Lipinski definition) is 0. The van der Waals surface area contributed by atoms with Gasteiger partial charge in [0.1, 0.15) is 5.75 Å². The van der Waals surface area contributed by atoms with Crippen LogP contribution in [-0.4, -0.2) is 23.1 Å². The van der Waals surface area contributed by atoms with Crippen LogP contribution in [0.1, 0.15) is 55.6 Å². The lowest BCUT2D eigenvalue weighted by Gasteiger charge is -2.31. The van der Waals surface area contributed by atoms with E-state index >= 15 is 0 Å². The molecule has 1 aliphatic rings. The van der Waals surface area contributed by atoms with Crippen molar-refractivity contribution in [1.82, 2.24) is 9.47 Å². The highest BCUT2D eigenvalue weighted by Crippen LogP contribution is 2.34. The lowest BCUT2D eigenvalue weighted by molar-refractivity contribution is 0.220. The molecule has 0 N–H and O–H groups in total. The quantitative estimate of drug-likeness (QED) is 0.563. The first-order valence-electron chi connectivity index (χ1n) is 10.6. The van der Waals surface area contributed by atoms with Gasteiger partial charge in [0.2, 0.25) is 0 Å². The van der Waals surface area contributed by atoms with Crippen molar-refractivity contribution in [3.8, 4) is 5.75 Å².